The van der Waals surface area contributed by atoms with Gasteiger partial charge in [-0.2, -0.15) is 5.10 Å². The highest BCUT2D eigenvalue weighted by Gasteiger charge is 2.27. The second-order valence-electron chi connectivity index (χ2n) is 7.72. The Labute approximate surface area is 167 Å². The Hall–Kier alpha value is -2.77. The van der Waals surface area contributed by atoms with Crippen molar-refractivity contribution in [2.45, 2.75) is 57.4 Å². The topological polar surface area (TPSA) is 76.0 Å². The zero-order valence-corrected chi connectivity index (χ0v) is 16.1. The summed E-state index contributed by atoms with van der Waals surface area (Å²) in [4.78, 5) is 24.8. The molecule has 0 aliphatic heterocycles. The lowest BCUT2D eigenvalue weighted by molar-refractivity contribution is -0.121. The van der Waals surface area contributed by atoms with Gasteiger partial charge in [0.1, 0.15) is 0 Å². The van der Waals surface area contributed by atoms with Gasteiger partial charge in [-0.25, -0.2) is 13.5 Å². The standard InChI is InChI=1S/C21H24F2N4O2/c22-16-10-9-14(11-17(16)23)27-18-8-4-7-15(18)20(26-27)21(29)24-12-19(28)25-13-5-2-1-3-6-13/h9-11,13H,1-8,12H2,(H,24,29)(H,25,28). The van der Waals surface area contributed by atoms with Gasteiger partial charge in [-0.05, 0) is 44.2 Å². The van der Waals surface area contributed by atoms with Gasteiger partial charge < -0.3 is 10.6 Å². The summed E-state index contributed by atoms with van der Waals surface area (Å²) in [5.74, 6) is -2.53. The quantitative estimate of drug-likeness (QED) is 0.808. The molecule has 2 aliphatic rings. The van der Waals surface area contributed by atoms with Crippen LogP contribution in [-0.4, -0.2) is 34.2 Å². The van der Waals surface area contributed by atoms with Crippen LogP contribution in [0.2, 0.25) is 0 Å². The van der Waals surface area contributed by atoms with Crippen LogP contribution in [0.5, 0.6) is 0 Å². The lowest BCUT2D eigenvalue weighted by atomic mass is 9.95. The maximum Gasteiger partial charge on any atom is 0.272 e. The number of hydrogen-bond acceptors (Lipinski definition) is 3. The van der Waals surface area contributed by atoms with Gasteiger partial charge in [-0.15, -0.1) is 0 Å². The van der Waals surface area contributed by atoms with E-state index in [1.807, 2.05) is 0 Å². The number of nitrogens with zero attached hydrogens (tertiary/aromatic N) is 2. The molecule has 29 heavy (non-hydrogen) atoms. The van der Waals surface area contributed by atoms with Crippen molar-refractivity contribution in [2.75, 3.05) is 6.54 Å². The van der Waals surface area contributed by atoms with Gasteiger partial charge in [-0.1, -0.05) is 19.3 Å². The average molecular weight is 402 g/mol. The lowest BCUT2D eigenvalue weighted by Gasteiger charge is -2.22. The third-order valence-corrected chi connectivity index (χ3v) is 5.67. The molecule has 0 atom stereocenters. The fraction of sp³-hybridized carbons (Fsp3) is 0.476. The number of amides is 2. The Bertz CT molecular complexity index is 935. The normalized spacial score (nSPS) is 16.5. The molecular formula is C21H24F2N4O2. The molecule has 0 bridgehead atoms. The van der Waals surface area contributed by atoms with Gasteiger partial charge in [0.15, 0.2) is 17.3 Å². The molecule has 2 aromatic rings. The number of halogens is 2. The summed E-state index contributed by atoms with van der Waals surface area (Å²) in [6.07, 6.45) is 7.65. The summed E-state index contributed by atoms with van der Waals surface area (Å²) in [5.41, 5.74) is 2.25. The van der Waals surface area contributed by atoms with Crippen LogP contribution >= 0.6 is 0 Å². The molecule has 8 heteroatoms. The third kappa shape index (κ3) is 4.16. The monoisotopic (exact) mass is 402 g/mol. The van der Waals surface area contributed by atoms with Crippen molar-refractivity contribution in [2.24, 2.45) is 0 Å². The van der Waals surface area contributed by atoms with Crippen LogP contribution in [0, 0.1) is 11.6 Å². The Morgan fingerprint density at radius 3 is 2.62 bits per heavy atom. The minimum absolute atomic E-state index is 0.109. The van der Waals surface area contributed by atoms with E-state index >= 15 is 0 Å². The average Bonchev–Trinajstić information content (AvgIpc) is 3.32. The van der Waals surface area contributed by atoms with Crippen molar-refractivity contribution >= 4 is 11.8 Å². The van der Waals surface area contributed by atoms with Crippen molar-refractivity contribution in [1.82, 2.24) is 20.4 Å². The summed E-state index contributed by atoms with van der Waals surface area (Å²) < 4.78 is 28.4. The molecule has 1 fully saturated rings. The van der Waals surface area contributed by atoms with E-state index in [1.165, 1.54) is 17.2 Å². The molecule has 154 valence electrons. The first-order valence-electron chi connectivity index (χ1n) is 10.2. The molecule has 0 spiro atoms. The number of benzene rings is 1. The molecule has 0 radical (unpaired) electrons. The third-order valence-electron chi connectivity index (χ3n) is 5.67. The minimum Gasteiger partial charge on any atom is -0.352 e. The van der Waals surface area contributed by atoms with Crippen LogP contribution < -0.4 is 10.6 Å². The molecule has 1 saturated carbocycles. The van der Waals surface area contributed by atoms with Crippen molar-refractivity contribution in [3.05, 3.63) is 46.8 Å². The minimum atomic E-state index is -0.963. The number of aromatic nitrogens is 2. The lowest BCUT2D eigenvalue weighted by Crippen LogP contribution is -2.42. The number of fused-ring (bicyclic) bond motifs is 1. The Morgan fingerprint density at radius 1 is 1.07 bits per heavy atom. The van der Waals surface area contributed by atoms with Crippen LogP contribution in [0.4, 0.5) is 8.78 Å². The van der Waals surface area contributed by atoms with Crippen LogP contribution in [-0.2, 0) is 17.6 Å². The number of rotatable bonds is 5. The van der Waals surface area contributed by atoms with Crippen molar-refractivity contribution in [3.8, 4) is 5.69 Å². The van der Waals surface area contributed by atoms with Gasteiger partial charge in [0.2, 0.25) is 5.91 Å². The fourth-order valence-corrected chi connectivity index (χ4v) is 4.22. The molecule has 0 unspecified atom stereocenters. The highest BCUT2D eigenvalue weighted by atomic mass is 19.2. The number of carbonyl (C=O) groups is 2. The zero-order valence-electron chi connectivity index (χ0n) is 16.1. The van der Waals surface area contributed by atoms with Crippen molar-refractivity contribution in [3.63, 3.8) is 0 Å². The predicted molar refractivity (Wildman–Crippen MR) is 103 cm³/mol. The van der Waals surface area contributed by atoms with E-state index in [0.29, 0.717) is 18.5 Å². The van der Waals surface area contributed by atoms with Gasteiger partial charge in [0.25, 0.3) is 5.91 Å². The van der Waals surface area contributed by atoms with E-state index in [4.69, 9.17) is 0 Å². The molecule has 0 saturated heterocycles. The first-order valence-corrected chi connectivity index (χ1v) is 10.2. The van der Waals surface area contributed by atoms with E-state index in [-0.39, 0.29) is 24.2 Å². The van der Waals surface area contributed by atoms with Crippen molar-refractivity contribution in [1.29, 1.82) is 0 Å². The predicted octanol–water partition coefficient (Wildman–Crippen LogP) is 2.82. The zero-order chi connectivity index (χ0) is 20.4. The number of carbonyl (C=O) groups excluding carboxylic acids is 2. The number of hydrogen-bond donors (Lipinski definition) is 2. The van der Waals surface area contributed by atoms with Gasteiger partial charge in [0.05, 0.1) is 12.2 Å². The largest absolute Gasteiger partial charge is 0.352 e. The van der Waals surface area contributed by atoms with Crippen LogP contribution in [0.1, 0.15) is 60.3 Å². The molecule has 1 aromatic heterocycles. The molecule has 6 nitrogen and oxygen atoms in total. The SMILES string of the molecule is O=C(CNC(=O)c1nn(-c2ccc(F)c(F)c2)c2c1CCC2)NC1CCCCC1. The molecule has 1 heterocycles. The maximum atomic E-state index is 13.6. The first kappa shape index (κ1) is 19.5. The highest BCUT2D eigenvalue weighted by molar-refractivity contribution is 5.96. The Kier molecular flexibility index (Phi) is 5.60. The van der Waals surface area contributed by atoms with Crippen LogP contribution in [0.3, 0.4) is 0 Å². The summed E-state index contributed by atoms with van der Waals surface area (Å²) >= 11 is 0. The van der Waals surface area contributed by atoms with Gasteiger partial charge >= 0.3 is 0 Å². The molecule has 2 amide bonds. The summed E-state index contributed by atoms with van der Waals surface area (Å²) in [6, 6.07) is 3.73. The van der Waals surface area contributed by atoms with E-state index in [1.54, 1.807) is 0 Å². The smallest absolute Gasteiger partial charge is 0.272 e. The summed E-state index contributed by atoms with van der Waals surface area (Å²) in [6.45, 7) is -0.109. The molecule has 4 rings (SSSR count). The first-order chi connectivity index (χ1) is 14.0. The molecule has 1 aromatic carbocycles. The van der Waals surface area contributed by atoms with Crippen LogP contribution in [0.25, 0.3) is 5.69 Å². The highest BCUT2D eigenvalue weighted by Crippen LogP contribution is 2.28. The fourth-order valence-electron chi connectivity index (χ4n) is 4.22. The van der Waals surface area contributed by atoms with E-state index < -0.39 is 17.5 Å². The van der Waals surface area contributed by atoms with E-state index in [2.05, 4.69) is 15.7 Å². The Balaban J connectivity index is 1.46. The summed E-state index contributed by atoms with van der Waals surface area (Å²) in [5, 5.41) is 9.96. The van der Waals surface area contributed by atoms with E-state index in [9.17, 15) is 18.4 Å². The second kappa shape index (κ2) is 8.31. The van der Waals surface area contributed by atoms with Crippen molar-refractivity contribution < 1.29 is 18.4 Å². The molecular weight excluding hydrogens is 378 g/mol. The second-order valence-corrected chi connectivity index (χ2v) is 7.72. The summed E-state index contributed by atoms with van der Waals surface area (Å²) in [7, 11) is 0. The molecule has 2 N–H and O–H groups in total. The van der Waals surface area contributed by atoms with Crippen LogP contribution in [0.15, 0.2) is 18.2 Å². The molecule has 2 aliphatic carbocycles. The van der Waals surface area contributed by atoms with E-state index in [0.717, 1.165) is 55.5 Å². The van der Waals surface area contributed by atoms with Gasteiger partial charge in [0, 0.05) is 23.4 Å². The Morgan fingerprint density at radius 2 is 1.86 bits per heavy atom. The number of nitrogens with one attached hydrogen (secondary N) is 2. The van der Waals surface area contributed by atoms with Gasteiger partial charge in [-0.3, -0.25) is 9.59 Å². The maximum absolute atomic E-state index is 13.6.